The Labute approximate surface area is 113 Å². The number of rotatable bonds is 5. The molecule has 1 saturated carbocycles. The molecule has 98 valence electrons. The van der Waals surface area contributed by atoms with E-state index in [-0.39, 0.29) is 11.4 Å². The highest BCUT2D eigenvalue weighted by atomic mass is 35.5. The van der Waals surface area contributed by atoms with Crippen molar-refractivity contribution in [1.82, 2.24) is 5.32 Å². The van der Waals surface area contributed by atoms with Crippen LogP contribution in [0.15, 0.2) is 24.3 Å². The first-order chi connectivity index (χ1) is 8.57. The predicted molar refractivity (Wildman–Crippen MR) is 73.6 cm³/mol. The van der Waals surface area contributed by atoms with Gasteiger partial charge in [0.15, 0.2) is 0 Å². The van der Waals surface area contributed by atoms with Crippen molar-refractivity contribution in [3.05, 3.63) is 34.9 Å². The molecule has 0 heterocycles. The summed E-state index contributed by atoms with van der Waals surface area (Å²) in [7, 11) is 0. The van der Waals surface area contributed by atoms with Gasteiger partial charge < -0.3 is 11.1 Å². The Balaban J connectivity index is 1.68. The topological polar surface area (TPSA) is 55.1 Å². The molecule has 0 unspecified atom stereocenters. The van der Waals surface area contributed by atoms with Crippen molar-refractivity contribution in [2.24, 2.45) is 5.73 Å². The van der Waals surface area contributed by atoms with Crippen molar-refractivity contribution in [3.8, 4) is 0 Å². The second-order valence-corrected chi connectivity index (χ2v) is 5.56. The Morgan fingerprint density at radius 2 is 2.00 bits per heavy atom. The molecule has 0 aromatic heterocycles. The van der Waals surface area contributed by atoms with E-state index in [2.05, 4.69) is 5.32 Å². The molecule has 2 rings (SSSR count). The van der Waals surface area contributed by atoms with E-state index in [9.17, 15) is 4.79 Å². The molecule has 0 saturated heterocycles. The van der Waals surface area contributed by atoms with Crippen LogP contribution in [0.25, 0.3) is 0 Å². The minimum Gasteiger partial charge on any atom is -0.356 e. The molecule has 3 N–H and O–H groups in total. The minimum atomic E-state index is -0.232. The van der Waals surface area contributed by atoms with Crippen LogP contribution in [0, 0.1) is 0 Å². The zero-order valence-electron chi connectivity index (χ0n) is 10.4. The Kier molecular flexibility index (Phi) is 4.25. The number of amides is 1. The van der Waals surface area contributed by atoms with Gasteiger partial charge in [0, 0.05) is 23.5 Å². The van der Waals surface area contributed by atoms with E-state index in [0.29, 0.717) is 13.0 Å². The predicted octanol–water partition coefficient (Wildman–Crippen LogP) is 2.27. The van der Waals surface area contributed by atoms with Crippen LogP contribution < -0.4 is 11.1 Å². The Morgan fingerprint density at radius 1 is 1.33 bits per heavy atom. The summed E-state index contributed by atoms with van der Waals surface area (Å²) in [5.74, 6) is 0.0613. The van der Waals surface area contributed by atoms with E-state index < -0.39 is 0 Å². The lowest BCUT2D eigenvalue weighted by Gasteiger charge is -2.37. The molecule has 1 aliphatic carbocycles. The number of halogens is 1. The molecule has 4 heteroatoms. The quantitative estimate of drug-likeness (QED) is 0.859. The highest BCUT2D eigenvalue weighted by Crippen LogP contribution is 2.31. The second-order valence-electron chi connectivity index (χ2n) is 5.12. The molecule has 1 aromatic carbocycles. The van der Waals surface area contributed by atoms with E-state index >= 15 is 0 Å². The van der Waals surface area contributed by atoms with Gasteiger partial charge in [0.25, 0.3) is 0 Å². The van der Waals surface area contributed by atoms with Crippen LogP contribution in [0.3, 0.4) is 0 Å². The van der Waals surface area contributed by atoms with E-state index in [4.69, 9.17) is 17.3 Å². The SMILES string of the molecule is NC1(CC(=O)NCCc2ccc(Cl)cc2)CCC1. The van der Waals surface area contributed by atoms with E-state index in [1.165, 1.54) is 5.56 Å². The van der Waals surface area contributed by atoms with Crippen molar-refractivity contribution in [2.75, 3.05) is 6.54 Å². The van der Waals surface area contributed by atoms with E-state index in [1.807, 2.05) is 24.3 Å². The molecule has 1 amide bonds. The molecule has 0 spiro atoms. The highest BCUT2D eigenvalue weighted by molar-refractivity contribution is 6.30. The molecule has 0 radical (unpaired) electrons. The molecule has 0 bridgehead atoms. The molecule has 3 nitrogen and oxygen atoms in total. The first-order valence-electron chi connectivity index (χ1n) is 6.37. The van der Waals surface area contributed by atoms with Gasteiger partial charge in [0.2, 0.25) is 5.91 Å². The number of benzene rings is 1. The van der Waals surface area contributed by atoms with Crippen LogP contribution in [0.5, 0.6) is 0 Å². The number of hydrogen-bond acceptors (Lipinski definition) is 2. The molecule has 1 fully saturated rings. The Morgan fingerprint density at radius 3 is 2.56 bits per heavy atom. The van der Waals surface area contributed by atoms with Crippen LogP contribution in [0.1, 0.15) is 31.2 Å². The molecule has 0 atom stereocenters. The third-order valence-corrected chi connectivity index (χ3v) is 3.76. The molecule has 0 aliphatic heterocycles. The molecule has 1 aliphatic rings. The zero-order valence-corrected chi connectivity index (χ0v) is 11.2. The van der Waals surface area contributed by atoms with Crippen LogP contribution in [-0.4, -0.2) is 18.0 Å². The lowest BCUT2D eigenvalue weighted by Crippen LogP contribution is -2.50. The van der Waals surface area contributed by atoms with Crippen LogP contribution in [-0.2, 0) is 11.2 Å². The van der Waals surface area contributed by atoms with Gasteiger partial charge in [-0.05, 0) is 43.4 Å². The molecular formula is C14H19ClN2O. The maximum atomic E-state index is 11.7. The lowest BCUT2D eigenvalue weighted by atomic mass is 9.75. The third-order valence-electron chi connectivity index (χ3n) is 3.51. The van der Waals surface area contributed by atoms with Gasteiger partial charge in [-0.3, -0.25) is 4.79 Å². The summed E-state index contributed by atoms with van der Waals surface area (Å²) >= 11 is 5.81. The summed E-state index contributed by atoms with van der Waals surface area (Å²) in [6.45, 7) is 0.649. The monoisotopic (exact) mass is 266 g/mol. The smallest absolute Gasteiger partial charge is 0.221 e. The molecular weight excluding hydrogens is 248 g/mol. The zero-order chi connectivity index (χ0) is 13.0. The number of nitrogens with one attached hydrogen (secondary N) is 1. The average Bonchev–Trinajstić information content (AvgIpc) is 2.30. The van der Waals surface area contributed by atoms with Crippen molar-refractivity contribution in [3.63, 3.8) is 0 Å². The van der Waals surface area contributed by atoms with Gasteiger partial charge in [-0.2, -0.15) is 0 Å². The number of hydrogen-bond donors (Lipinski definition) is 2. The summed E-state index contributed by atoms with van der Waals surface area (Å²) in [5, 5.41) is 3.65. The van der Waals surface area contributed by atoms with Gasteiger partial charge in [0.1, 0.15) is 0 Å². The van der Waals surface area contributed by atoms with Gasteiger partial charge in [-0.15, -0.1) is 0 Å². The van der Waals surface area contributed by atoms with Crippen molar-refractivity contribution in [2.45, 2.75) is 37.6 Å². The maximum absolute atomic E-state index is 11.7. The fourth-order valence-electron chi connectivity index (χ4n) is 2.19. The maximum Gasteiger partial charge on any atom is 0.221 e. The Bertz CT molecular complexity index is 412. The first kappa shape index (κ1) is 13.4. The standard InChI is InChI=1S/C14H19ClN2O/c15-12-4-2-11(3-5-12)6-9-17-13(18)10-14(16)7-1-8-14/h2-5H,1,6-10,16H2,(H,17,18). The number of nitrogens with two attached hydrogens (primary N) is 1. The van der Waals surface area contributed by atoms with Crippen molar-refractivity contribution >= 4 is 17.5 Å². The highest BCUT2D eigenvalue weighted by Gasteiger charge is 2.34. The first-order valence-corrected chi connectivity index (χ1v) is 6.75. The number of carbonyl (C=O) groups excluding carboxylic acids is 1. The lowest BCUT2D eigenvalue weighted by molar-refractivity contribution is -0.122. The summed E-state index contributed by atoms with van der Waals surface area (Å²) in [6.07, 6.45) is 4.36. The molecule has 18 heavy (non-hydrogen) atoms. The summed E-state index contributed by atoms with van der Waals surface area (Å²) < 4.78 is 0. The van der Waals surface area contributed by atoms with Gasteiger partial charge in [-0.1, -0.05) is 23.7 Å². The van der Waals surface area contributed by atoms with Crippen LogP contribution >= 0.6 is 11.6 Å². The normalized spacial score (nSPS) is 17.0. The fourth-order valence-corrected chi connectivity index (χ4v) is 2.31. The largest absolute Gasteiger partial charge is 0.356 e. The number of carbonyl (C=O) groups is 1. The third kappa shape index (κ3) is 3.72. The summed E-state index contributed by atoms with van der Waals surface area (Å²) in [4.78, 5) is 11.7. The van der Waals surface area contributed by atoms with Gasteiger partial charge >= 0.3 is 0 Å². The van der Waals surface area contributed by atoms with E-state index in [0.717, 1.165) is 30.7 Å². The average molecular weight is 267 g/mol. The van der Waals surface area contributed by atoms with Crippen molar-refractivity contribution in [1.29, 1.82) is 0 Å². The second kappa shape index (κ2) is 5.72. The Hall–Kier alpha value is -1.06. The summed E-state index contributed by atoms with van der Waals surface area (Å²) in [5.41, 5.74) is 6.97. The van der Waals surface area contributed by atoms with Gasteiger partial charge in [0.05, 0.1) is 0 Å². The molecule has 1 aromatic rings. The van der Waals surface area contributed by atoms with Gasteiger partial charge in [-0.25, -0.2) is 0 Å². The summed E-state index contributed by atoms with van der Waals surface area (Å²) in [6, 6.07) is 7.68. The minimum absolute atomic E-state index is 0.0613. The van der Waals surface area contributed by atoms with E-state index in [1.54, 1.807) is 0 Å². The van der Waals surface area contributed by atoms with Crippen molar-refractivity contribution < 1.29 is 4.79 Å². The van der Waals surface area contributed by atoms with Crippen LogP contribution in [0.2, 0.25) is 5.02 Å². The van der Waals surface area contributed by atoms with Crippen LogP contribution in [0.4, 0.5) is 0 Å². The fraction of sp³-hybridized carbons (Fsp3) is 0.500.